The SMILES string of the molecule is Cc1ccc(CN(C(=O)CN(c2ccc(Cl)cc2)S(=O)(=O)c2ccc(C)cc2)C(Cc2ccccc2)C(=O)NC2CCCC2)cc1. The van der Waals surface area contributed by atoms with Crippen LogP contribution in [0.15, 0.2) is 108 Å². The van der Waals surface area contributed by atoms with Crippen molar-refractivity contribution in [2.75, 3.05) is 10.8 Å². The van der Waals surface area contributed by atoms with Gasteiger partial charge < -0.3 is 10.2 Å². The fourth-order valence-corrected chi connectivity index (χ4v) is 7.33. The smallest absolute Gasteiger partial charge is 0.264 e. The third-order valence-electron chi connectivity index (χ3n) is 8.45. The minimum Gasteiger partial charge on any atom is -0.352 e. The van der Waals surface area contributed by atoms with Crippen molar-refractivity contribution in [2.45, 2.75) is 69.5 Å². The molecule has 1 fully saturated rings. The first-order valence-electron chi connectivity index (χ1n) is 15.6. The molecule has 0 bridgehead atoms. The molecular formula is C37H40ClN3O4S. The highest BCUT2D eigenvalue weighted by molar-refractivity contribution is 7.92. The number of anilines is 1. The van der Waals surface area contributed by atoms with Crippen LogP contribution in [0.1, 0.15) is 47.9 Å². The Morgan fingerprint density at radius 1 is 0.804 bits per heavy atom. The van der Waals surface area contributed by atoms with Crippen molar-refractivity contribution in [1.29, 1.82) is 0 Å². The van der Waals surface area contributed by atoms with E-state index in [1.54, 1.807) is 36.4 Å². The Morgan fingerprint density at radius 3 is 2.00 bits per heavy atom. The van der Waals surface area contributed by atoms with Crippen LogP contribution in [0.3, 0.4) is 0 Å². The van der Waals surface area contributed by atoms with Gasteiger partial charge in [0.05, 0.1) is 10.6 Å². The van der Waals surface area contributed by atoms with Gasteiger partial charge in [-0.1, -0.05) is 102 Å². The summed E-state index contributed by atoms with van der Waals surface area (Å²) in [5, 5.41) is 3.64. The number of carbonyl (C=O) groups is 2. The van der Waals surface area contributed by atoms with E-state index in [4.69, 9.17) is 11.6 Å². The summed E-state index contributed by atoms with van der Waals surface area (Å²) in [5.74, 6) is -0.732. The predicted octanol–water partition coefficient (Wildman–Crippen LogP) is 6.85. The Balaban J connectivity index is 1.55. The van der Waals surface area contributed by atoms with Crippen LogP contribution in [0, 0.1) is 13.8 Å². The second-order valence-corrected chi connectivity index (χ2v) is 14.3. The molecule has 0 aromatic heterocycles. The normalized spacial score (nSPS) is 14.1. The van der Waals surface area contributed by atoms with Crippen LogP contribution < -0.4 is 9.62 Å². The molecule has 4 aromatic carbocycles. The van der Waals surface area contributed by atoms with Gasteiger partial charge in [0, 0.05) is 24.0 Å². The predicted molar refractivity (Wildman–Crippen MR) is 183 cm³/mol. The van der Waals surface area contributed by atoms with Crippen molar-refractivity contribution in [1.82, 2.24) is 10.2 Å². The quantitative estimate of drug-likeness (QED) is 0.181. The number of hydrogen-bond donors (Lipinski definition) is 1. The topological polar surface area (TPSA) is 86.8 Å². The molecule has 46 heavy (non-hydrogen) atoms. The number of amides is 2. The fraction of sp³-hybridized carbons (Fsp3) is 0.297. The lowest BCUT2D eigenvalue weighted by molar-refractivity contribution is -0.140. The van der Waals surface area contributed by atoms with E-state index in [1.807, 2.05) is 68.4 Å². The lowest BCUT2D eigenvalue weighted by Crippen LogP contribution is -2.54. The van der Waals surface area contributed by atoms with Gasteiger partial charge in [-0.15, -0.1) is 0 Å². The number of sulfonamides is 1. The number of nitrogens with zero attached hydrogens (tertiary/aromatic N) is 2. The van der Waals surface area contributed by atoms with Gasteiger partial charge in [-0.2, -0.15) is 0 Å². The first-order chi connectivity index (χ1) is 22.1. The van der Waals surface area contributed by atoms with Gasteiger partial charge in [0.2, 0.25) is 11.8 Å². The van der Waals surface area contributed by atoms with E-state index in [0.717, 1.165) is 52.2 Å². The molecule has 9 heteroatoms. The molecule has 240 valence electrons. The van der Waals surface area contributed by atoms with Crippen LogP contribution in [0.2, 0.25) is 5.02 Å². The first-order valence-corrected chi connectivity index (χ1v) is 17.5. The average molecular weight is 658 g/mol. The largest absolute Gasteiger partial charge is 0.352 e. The summed E-state index contributed by atoms with van der Waals surface area (Å²) in [6.07, 6.45) is 4.17. The number of aryl methyl sites for hydroxylation is 2. The van der Waals surface area contributed by atoms with Crippen LogP contribution in [0.25, 0.3) is 0 Å². The fourth-order valence-electron chi connectivity index (χ4n) is 5.79. The van der Waals surface area contributed by atoms with Crippen LogP contribution >= 0.6 is 11.6 Å². The molecule has 1 saturated carbocycles. The van der Waals surface area contributed by atoms with Gasteiger partial charge in [0.25, 0.3) is 10.0 Å². The van der Waals surface area contributed by atoms with E-state index in [1.165, 1.54) is 17.0 Å². The van der Waals surface area contributed by atoms with Crippen LogP contribution in [0.4, 0.5) is 5.69 Å². The van der Waals surface area contributed by atoms with E-state index in [9.17, 15) is 18.0 Å². The molecular weight excluding hydrogens is 618 g/mol. The monoisotopic (exact) mass is 657 g/mol. The van der Waals surface area contributed by atoms with Gasteiger partial charge in [0.15, 0.2) is 0 Å². The van der Waals surface area contributed by atoms with Crippen molar-refractivity contribution in [2.24, 2.45) is 0 Å². The highest BCUT2D eigenvalue weighted by Gasteiger charge is 2.35. The lowest BCUT2D eigenvalue weighted by Gasteiger charge is -2.34. The van der Waals surface area contributed by atoms with E-state index < -0.39 is 28.5 Å². The molecule has 1 N–H and O–H groups in total. The molecule has 1 atom stereocenters. The molecule has 0 spiro atoms. The number of carbonyl (C=O) groups excluding carboxylic acids is 2. The van der Waals surface area contributed by atoms with Crippen molar-refractivity contribution in [3.05, 3.63) is 130 Å². The van der Waals surface area contributed by atoms with E-state index >= 15 is 0 Å². The summed E-state index contributed by atoms with van der Waals surface area (Å²) in [6, 6.07) is 29.4. The molecule has 0 saturated heterocycles. The van der Waals surface area contributed by atoms with Crippen molar-refractivity contribution in [3.8, 4) is 0 Å². The zero-order valence-electron chi connectivity index (χ0n) is 26.2. The number of halogens is 1. The van der Waals surface area contributed by atoms with Crippen LogP contribution in [-0.2, 0) is 32.6 Å². The minimum atomic E-state index is -4.17. The second-order valence-electron chi connectivity index (χ2n) is 12.0. The third-order valence-corrected chi connectivity index (χ3v) is 10.5. The molecule has 1 aliphatic rings. The Bertz CT molecular complexity index is 1720. The standard InChI is InChI=1S/C37H40ClN3O4S/c1-27-12-16-30(17-13-27)25-40(35(24-29-8-4-3-5-9-29)37(43)39-32-10-6-7-11-32)36(42)26-41(33-20-18-31(38)19-21-33)46(44,45)34-22-14-28(2)15-23-34/h3-5,8-9,12-23,32,35H,6-7,10-11,24-26H2,1-2H3,(H,39,43). The summed E-state index contributed by atoms with van der Waals surface area (Å²) in [4.78, 5) is 30.3. The molecule has 5 rings (SSSR count). The number of nitrogens with one attached hydrogen (secondary N) is 1. The third kappa shape index (κ3) is 8.36. The number of hydrogen-bond acceptors (Lipinski definition) is 4. The maximum absolute atomic E-state index is 14.6. The highest BCUT2D eigenvalue weighted by atomic mass is 35.5. The summed E-state index contributed by atoms with van der Waals surface area (Å²) < 4.78 is 29.4. The van der Waals surface area contributed by atoms with E-state index in [2.05, 4.69) is 5.32 Å². The molecule has 1 unspecified atom stereocenters. The molecule has 4 aromatic rings. The van der Waals surface area contributed by atoms with Gasteiger partial charge in [0.1, 0.15) is 12.6 Å². The highest BCUT2D eigenvalue weighted by Crippen LogP contribution is 2.27. The molecule has 7 nitrogen and oxygen atoms in total. The zero-order valence-corrected chi connectivity index (χ0v) is 27.8. The van der Waals surface area contributed by atoms with E-state index in [-0.39, 0.29) is 29.8 Å². The van der Waals surface area contributed by atoms with Gasteiger partial charge >= 0.3 is 0 Å². The van der Waals surface area contributed by atoms with Crippen LogP contribution in [0.5, 0.6) is 0 Å². The maximum atomic E-state index is 14.6. The Hall–Kier alpha value is -4.14. The second kappa shape index (κ2) is 15.0. The Labute approximate surface area is 277 Å². The lowest BCUT2D eigenvalue weighted by atomic mass is 10.0. The van der Waals surface area contributed by atoms with E-state index in [0.29, 0.717) is 10.7 Å². The number of rotatable bonds is 12. The maximum Gasteiger partial charge on any atom is 0.264 e. The molecule has 0 heterocycles. The summed E-state index contributed by atoms with van der Waals surface area (Å²) >= 11 is 6.16. The zero-order chi connectivity index (χ0) is 32.7. The average Bonchev–Trinajstić information content (AvgIpc) is 3.56. The van der Waals surface area contributed by atoms with Gasteiger partial charge in [-0.3, -0.25) is 13.9 Å². The van der Waals surface area contributed by atoms with Gasteiger partial charge in [-0.25, -0.2) is 8.42 Å². The molecule has 1 aliphatic carbocycles. The molecule has 2 amide bonds. The molecule has 0 aliphatic heterocycles. The van der Waals surface area contributed by atoms with Crippen molar-refractivity contribution in [3.63, 3.8) is 0 Å². The first kappa shape index (κ1) is 33.2. The number of benzene rings is 4. The summed E-state index contributed by atoms with van der Waals surface area (Å²) in [6.45, 7) is 3.49. The summed E-state index contributed by atoms with van der Waals surface area (Å²) in [7, 11) is -4.17. The summed E-state index contributed by atoms with van der Waals surface area (Å²) in [5.41, 5.74) is 4.01. The molecule has 0 radical (unpaired) electrons. The van der Waals surface area contributed by atoms with Crippen molar-refractivity contribution < 1.29 is 18.0 Å². The Kier molecular flexibility index (Phi) is 10.8. The van der Waals surface area contributed by atoms with Crippen molar-refractivity contribution >= 4 is 39.1 Å². The minimum absolute atomic E-state index is 0.0505. The van der Waals surface area contributed by atoms with Crippen LogP contribution in [-0.4, -0.2) is 43.8 Å². The van der Waals surface area contributed by atoms with Gasteiger partial charge in [-0.05, 0) is 74.2 Å². The Morgan fingerprint density at radius 2 is 1.39 bits per heavy atom.